The van der Waals surface area contributed by atoms with E-state index in [1.54, 1.807) is 30.3 Å². The minimum atomic E-state index is -0.516. The minimum Gasteiger partial charge on any atom is -0.507 e. The van der Waals surface area contributed by atoms with Crippen LogP contribution in [0, 0.1) is 0 Å². The number of esters is 1. The molecule has 0 radical (unpaired) electrons. The summed E-state index contributed by atoms with van der Waals surface area (Å²) >= 11 is 0. The molecule has 1 amide bonds. The van der Waals surface area contributed by atoms with Gasteiger partial charge in [0.2, 0.25) is 0 Å². The normalized spacial score (nSPS) is 10.5. The van der Waals surface area contributed by atoms with Crippen molar-refractivity contribution in [2.24, 2.45) is 0 Å². The molecule has 0 bridgehead atoms. The van der Waals surface area contributed by atoms with E-state index in [0.717, 1.165) is 5.56 Å². The molecule has 2 aromatic carbocycles. The van der Waals surface area contributed by atoms with Crippen LogP contribution in [0.1, 0.15) is 51.6 Å². The van der Waals surface area contributed by atoms with Crippen LogP contribution in [-0.4, -0.2) is 31.2 Å². The first-order valence-corrected chi connectivity index (χ1v) is 8.23. The Morgan fingerprint density at radius 1 is 1.08 bits per heavy atom. The Balaban J connectivity index is 2.17. The van der Waals surface area contributed by atoms with Crippen LogP contribution in [0.25, 0.3) is 0 Å². The van der Waals surface area contributed by atoms with Crippen molar-refractivity contribution in [3.8, 4) is 11.5 Å². The molecule has 6 nitrogen and oxygen atoms in total. The highest BCUT2D eigenvalue weighted by molar-refractivity contribution is 5.97. The average molecular weight is 357 g/mol. The summed E-state index contributed by atoms with van der Waals surface area (Å²) in [6.45, 7) is 4.22. The number of hydrogen-bond acceptors (Lipinski definition) is 5. The smallest absolute Gasteiger partial charge is 0.341 e. The van der Waals surface area contributed by atoms with E-state index in [-0.39, 0.29) is 35.2 Å². The standard InChI is InChI=1S/C20H23NO5/c1-12(2)14-6-7-17(22)15(10-14)19(23)21-11-13-5-8-18(25-3)16(9-13)20(24)26-4/h5-10,12,22H,11H2,1-4H3,(H,21,23). The van der Waals surface area contributed by atoms with Crippen LogP contribution in [0.15, 0.2) is 36.4 Å². The SMILES string of the molecule is COC(=O)c1cc(CNC(=O)c2cc(C(C)C)ccc2O)ccc1OC. The largest absolute Gasteiger partial charge is 0.507 e. The minimum absolute atomic E-state index is 0.0723. The van der Waals surface area contributed by atoms with Crippen molar-refractivity contribution in [1.29, 1.82) is 0 Å². The van der Waals surface area contributed by atoms with Crippen LogP contribution < -0.4 is 10.1 Å². The van der Waals surface area contributed by atoms with Crippen molar-refractivity contribution in [3.63, 3.8) is 0 Å². The number of nitrogens with one attached hydrogen (secondary N) is 1. The maximum absolute atomic E-state index is 12.4. The molecule has 6 heteroatoms. The maximum Gasteiger partial charge on any atom is 0.341 e. The summed E-state index contributed by atoms with van der Waals surface area (Å²) in [6, 6.07) is 10.00. The topological polar surface area (TPSA) is 84.9 Å². The molecular formula is C20H23NO5. The van der Waals surface area contributed by atoms with Crippen molar-refractivity contribution in [2.45, 2.75) is 26.3 Å². The van der Waals surface area contributed by atoms with Crippen molar-refractivity contribution in [2.75, 3.05) is 14.2 Å². The first kappa shape index (κ1) is 19.3. The van der Waals surface area contributed by atoms with E-state index in [1.807, 2.05) is 13.8 Å². The molecule has 0 saturated carbocycles. The molecule has 2 aromatic rings. The molecule has 0 fully saturated rings. The lowest BCUT2D eigenvalue weighted by molar-refractivity contribution is 0.0597. The van der Waals surface area contributed by atoms with E-state index in [1.165, 1.54) is 20.3 Å². The first-order valence-electron chi connectivity index (χ1n) is 8.23. The van der Waals surface area contributed by atoms with Crippen molar-refractivity contribution in [1.82, 2.24) is 5.32 Å². The van der Waals surface area contributed by atoms with Gasteiger partial charge in [0.15, 0.2) is 0 Å². The molecule has 0 unspecified atom stereocenters. The molecule has 0 aliphatic heterocycles. The fourth-order valence-corrected chi connectivity index (χ4v) is 2.51. The first-order chi connectivity index (χ1) is 12.4. The van der Waals surface area contributed by atoms with Crippen LogP contribution in [0.4, 0.5) is 0 Å². The van der Waals surface area contributed by atoms with Gasteiger partial charge in [0, 0.05) is 6.54 Å². The zero-order chi connectivity index (χ0) is 19.3. The lowest BCUT2D eigenvalue weighted by Crippen LogP contribution is -2.23. The predicted molar refractivity (Wildman–Crippen MR) is 97.7 cm³/mol. The highest BCUT2D eigenvalue weighted by atomic mass is 16.5. The van der Waals surface area contributed by atoms with Gasteiger partial charge in [-0.1, -0.05) is 26.0 Å². The zero-order valence-electron chi connectivity index (χ0n) is 15.3. The van der Waals surface area contributed by atoms with Gasteiger partial charge in [0.25, 0.3) is 5.91 Å². The summed E-state index contributed by atoms with van der Waals surface area (Å²) in [7, 11) is 2.76. The van der Waals surface area contributed by atoms with Gasteiger partial charge >= 0.3 is 5.97 Å². The number of aromatic hydroxyl groups is 1. The Morgan fingerprint density at radius 3 is 2.42 bits per heavy atom. The summed E-state index contributed by atoms with van der Waals surface area (Å²) in [6.07, 6.45) is 0. The second kappa shape index (κ2) is 8.38. The monoisotopic (exact) mass is 357 g/mol. The number of carbonyl (C=O) groups is 2. The quantitative estimate of drug-likeness (QED) is 0.775. The lowest BCUT2D eigenvalue weighted by atomic mass is 10.00. The van der Waals surface area contributed by atoms with E-state index in [0.29, 0.717) is 11.3 Å². The summed E-state index contributed by atoms with van der Waals surface area (Å²) < 4.78 is 9.89. The highest BCUT2D eigenvalue weighted by Gasteiger charge is 2.16. The Morgan fingerprint density at radius 2 is 1.81 bits per heavy atom. The number of methoxy groups -OCH3 is 2. The van der Waals surface area contributed by atoms with Gasteiger partial charge in [0.05, 0.1) is 19.8 Å². The number of ether oxygens (including phenoxy) is 2. The molecule has 2 rings (SSSR count). The van der Waals surface area contributed by atoms with Crippen LogP contribution in [-0.2, 0) is 11.3 Å². The highest BCUT2D eigenvalue weighted by Crippen LogP contribution is 2.24. The molecule has 0 saturated heterocycles. The Hall–Kier alpha value is -3.02. The number of phenols is 1. The van der Waals surface area contributed by atoms with E-state index >= 15 is 0 Å². The fourth-order valence-electron chi connectivity index (χ4n) is 2.51. The number of benzene rings is 2. The Labute approximate surface area is 152 Å². The maximum atomic E-state index is 12.4. The Bertz CT molecular complexity index is 814. The van der Waals surface area contributed by atoms with E-state index < -0.39 is 5.97 Å². The molecule has 0 aliphatic rings. The number of phenolic OH excluding ortho intramolecular Hbond substituents is 1. The van der Waals surface area contributed by atoms with Crippen molar-refractivity contribution < 1.29 is 24.2 Å². The van der Waals surface area contributed by atoms with Crippen LogP contribution >= 0.6 is 0 Å². The molecule has 0 spiro atoms. The molecule has 0 aromatic heterocycles. The number of amides is 1. The van der Waals surface area contributed by atoms with Gasteiger partial charge in [0.1, 0.15) is 17.1 Å². The van der Waals surface area contributed by atoms with Gasteiger partial charge in [-0.05, 0) is 41.3 Å². The molecule has 0 aliphatic carbocycles. The van der Waals surface area contributed by atoms with Crippen molar-refractivity contribution in [3.05, 3.63) is 58.7 Å². The Kier molecular flexibility index (Phi) is 6.22. The molecule has 0 heterocycles. The zero-order valence-corrected chi connectivity index (χ0v) is 15.3. The van der Waals surface area contributed by atoms with Gasteiger partial charge in [-0.25, -0.2) is 4.79 Å². The van der Waals surface area contributed by atoms with Gasteiger partial charge in [-0.2, -0.15) is 0 Å². The van der Waals surface area contributed by atoms with Crippen LogP contribution in [0.5, 0.6) is 11.5 Å². The second-order valence-electron chi connectivity index (χ2n) is 6.14. The molecule has 0 atom stereocenters. The molecule has 138 valence electrons. The van der Waals surface area contributed by atoms with Crippen LogP contribution in [0.3, 0.4) is 0 Å². The third-order valence-corrected chi connectivity index (χ3v) is 4.05. The van der Waals surface area contributed by atoms with Gasteiger partial charge in [-0.15, -0.1) is 0 Å². The predicted octanol–water partition coefficient (Wildman–Crippen LogP) is 3.24. The average Bonchev–Trinajstić information content (AvgIpc) is 2.65. The van der Waals surface area contributed by atoms with Crippen LogP contribution in [0.2, 0.25) is 0 Å². The number of rotatable bonds is 6. The van der Waals surface area contributed by atoms with E-state index in [4.69, 9.17) is 9.47 Å². The number of carbonyl (C=O) groups excluding carboxylic acids is 2. The molecule has 26 heavy (non-hydrogen) atoms. The molecular weight excluding hydrogens is 334 g/mol. The van der Waals surface area contributed by atoms with Gasteiger partial charge < -0.3 is 19.9 Å². The van der Waals surface area contributed by atoms with E-state index in [2.05, 4.69) is 5.32 Å². The summed E-state index contributed by atoms with van der Waals surface area (Å²) in [5.74, 6) is -0.338. The third-order valence-electron chi connectivity index (χ3n) is 4.05. The van der Waals surface area contributed by atoms with E-state index in [9.17, 15) is 14.7 Å². The molecule has 2 N–H and O–H groups in total. The lowest BCUT2D eigenvalue weighted by Gasteiger charge is -2.12. The number of hydrogen-bond donors (Lipinski definition) is 2. The third kappa shape index (κ3) is 4.33. The van der Waals surface area contributed by atoms with Gasteiger partial charge in [-0.3, -0.25) is 4.79 Å². The summed E-state index contributed by atoms with van der Waals surface area (Å²) in [4.78, 5) is 24.3. The summed E-state index contributed by atoms with van der Waals surface area (Å²) in [5.41, 5.74) is 2.17. The second-order valence-corrected chi connectivity index (χ2v) is 6.14. The fraction of sp³-hybridized carbons (Fsp3) is 0.300. The van der Waals surface area contributed by atoms with Crippen molar-refractivity contribution >= 4 is 11.9 Å². The summed E-state index contributed by atoms with van der Waals surface area (Å²) in [5, 5.41) is 12.7.